The van der Waals surface area contributed by atoms with Crippen LogP contribution in [0.15, 0.2) is 60.7 Å². The third-order valence-corrected chi connectivity index (χ3v) is 1.45. The van der Waals surface area contributed by atoms with Crippen LogP contribution in [0.3, 0.4) is 0 Å². The monoisotopic (exact) mass is 456 g/mol. The molecule has 0 bridgehead atoms. The van der Waals surface area contributed by atoms with E-state index in [0.717, 1.165) is 5.56 Å². The maximum atomic E-state index is 3.72. The molecule has 2 aromatic rings. The van der Waals surface area contributed by atoms with E-state index in [1.54, 1.807) is 0 Å². The van der Waals surface area contributed by atoms with E-state index >= 15 is 0 Å². The maximum Gasteiger partial charge on any atom is 2.00 e. The maximum absolute atomic E-state index is 3.72. The average molecular weight is 456 g/mol. The van der Waals surface area contributed by atoms with Gasteiger partial charge in [0.25, 0.3) is 0 Å². The minimum atomic E-state index is 0. The van der Waals surface area contributed by atoms with Crippen molar-refractivity contribution in [2.45, 2.75) is 0 Å². The Kier molecular flexibility index (Phi) is 20.2. The van der Waals surface area contributed by atoms with Crippen LogP contribution >= 0.6 is 0 Å². The van der Waals surface area contributed by atoms with Gasteiger partial charge in [-0.1, -0.05) is 6.07 Å². The third kappa shape index (κ3) is 12.2. The van der Waals surface area contributed by atoms with Gasteiger partial charge in [0.05, 0.1) is 0 Å². The molecule has 0 heterocycles. The zero-order valence-corrected chi connectivity index (χ0v) is 15.2. The van der Waals surface area contributed by atoms with Crippen LogP contribution in [0.1, 0.15) is 5.56 Å². The molecule has 0 aromatic heterocycles. The minimum absolute atomic E-state index is 0. The summed E-state index contributed by atoms with van der Waals surface area (Å²) in [6, 6.07) is 22.4. The van der Waals surface area contributed by atoms with Crippen LogP contribution in [-0.4, -0.2) is 0 Å². The normalized spacial score (nSPS) is 6.75. The molecule has 0 saturated heterocycles. The molecule has 1 radical (unpaired) electrons. The molecule has 2 heteroatoms. The van der Waals surface area contributed by atoms with Crippen LogP contribution < -0.4 is 0 Å². The summed E-state index contributed by atoms with van der Waals surface area (Å²) in [5.41, 5.74) is 1.07. The molecule has 0 aliphatic heterocycles. The number of benzene rings is 2. The summed E-state index contributed by atoms with van der Waals surface area (Å²) >= 11 is 0. The molecule has 81 valence electrons. The first kappa shape index (κ1) is 21.4. The Morgan fingerprint density at radius 3 is 1.44 bits per heavy atom. The summed E-state index contributed by atoms with van der Waals surface area (Å²) in [6.07, 6.45) is 0. The fourth-order valence-corrected chi connectivity index (χ4v) is 0.820. The second-order valence-corrected chi connectivity index (χ2v) is 2.56. The average Bonchev–Trinajstić information content (AvgIpc) is 2.22. The van der Waals surface area contributed by atoms with E-state index in [2.05, 4.69) is 13.0 Å². The fraction of sp³-hybridized carbons (Fsp3) is 0. The number of rotatable bonds is 0. The van der Waals surface area contributed by atoms with Gasteiger partial charge in [0.15, 0.2) is 0 Å². The molecule has 0 atom stereocenters. The SMILES string of the molecule is [CH2-]c1ccccc1.[CH3-].[W+2].[Y].[c-]1ccccc1. The van der Waals surface area contributed by atoms with Crippen molar-refractivity contribution < 1.29 is 53.8 Å². The summed E-state index contributed by atoms with van der Waals surface area (Å²) in [7, 11) is 0. The zero-order chi connectivity index (χ0) is 9.36. The quantitative estimate of drug-likeness (QED) is 0.530. The van der Waals surface area contributed by atoms with Gasteiger partial charge in [-0.05, 0) is 0 Å². The smallest absolute Gasteiger partial charge is 0.358 e. The largest absolute Gasteiger partial charge is 2.00 e. The standard InChI is InChI=1S/C7H7.C6H5.CH3.W.Y/c1-7-5-3-2-4-6-7;1-2-4-6-5-3-1;;;/h2-6H,1H2;1-5H;1H3;;/q3*-1;+2;. The predicted octanol–water partition coefficient (Wildman–Crippen LogP) is 3.80. The van der Waals surface area contributed by atoms with Crippen LogP contribution in [0.4, 0.5) is 0 Å². The third-order valence-electron chi connectivity index (χ3n) is 1.45. The van der Waals surface area contributed by atoms with Crippen LogP contribution in [-0.2, 0) is 53.8 Å². The van der Waals surface area contributed by atoms with Crippen molar-refractivity contribution in [3.05, 3.63) is 86.6 Å². The minimum Gasteiger partial charge on any atom is -0.358 e. The molecule has 2 aromatic carbocycles. The van der Waals surface area contributed by atoms with Crippen molar-refractivity contribution >= 4 is 0 Å². The van der Waals surface area contributed by atoms with E-state index in [9.17, 15) is 0 Å². The zero-order valence-electron chi connectivity index (χ0n) is 9.47. The molecule has 0 N–H and O–H groups in total. The molecule has 2 rings (SSSR count). The van der Waals surface area contributed by atoms with E-state index in [1.807, 2.05) is 60.7 Å². The van der Waals surface area contributed by atoms with Gasteiger partial charge in [0, 0.05) is 32.7 Å². The summed E-state index contributed by atoms with van der Waals surface area (Å²) in [5.74, 6) is 0. The van der Waals surface area contributed by atoms with Gasteiger partial charge in [0.1, 0.15) is 0 Å². The van der Waals surface area contributed by atoms with Gasteiger partial charge in [-0.2, -0.15) is 61.0 Å². The van der Waals surface area contributed by atoms with E-state index in [1.165, 1.54) is 0 Å². The van der Waals surface area contributed by atoms with Crippen molar-refractivity contribution in [1.29, 1.82) is 0 Å². The van der Waals surface area contributed by atoms with Crippen molar-refractivity contribution in [1.82, 2.24) is 0 Å². The van der Waals surface area contributed by atoms with Crippen molar-refractivity contribution in [3.63, 3.8) is 0 Å². The Bertz CT molecular complexity index is 281. The van der Waals surface area contributed by atoms with Gasteiger partial charge in [-0.3, -0.25) is 0 Å². The van der Waals surface area contributed by atoms with E-state index in [0.29, 0.717) is 0 Å². The first-order valence-electron chi connectivity index (χ1n) is 4.17. The second kappa shape index (κ2) is 15.1. The summed E-state index contributed by atoms with van der Waals surface area (Å²) < 4.78 is 0. The van der Waals surface area contributed by atoms with Crippen LogP contribution in [0.2, 0.25) is 0 Å². The number of hydrogen-bond acceptors (Lipinski definition) is 0. The Hall–Kier alpha value is 0.102. The van der Waals surface area contributed by atoms with E-state index in [4.69, 9.17) is 0 Å². The first-order valence-corrected chi connectivity index (χ1v) is 4.17. The van der Waals surface area contributed by atoms with Crippen molar-refractivity contribution in [3.8, 4) is 0 Å². The predicted molar refractivity (Wildman–Crippen MR) is 62.6 cm³/mol. The molecule has 0 nitrogen and oxygen atoms in total. The van der Waals surface area contributed by atoms with Crippen LogP contribution in [0.25, 0.3) is 0 Å². The second-order valence-electron chi connectivity index (χ2n) is 2.56. The molecule has 0 fully saturated rings. The Balaban J connectivity index is -0.000000179. The molecule has 0 aliphatic carbocycles. The summed E-state index contributed by atoms with van der Waals surface area (Å²) in [6.45, 7) is 3.72. The van der Waals surface area contributed by atoms with E-state index < -0.39 is 0 Å². The van der Waals surface area contributed by atoms with Gasteiger partial charge in [0.2, 0.25) is 0 Å². The molecule has 0 spiro atoms. The molecule has 0 unspecified atom stereocenters. The van der Waals surface area contributed by atoms with Gasteiger partial charge < -0.3 is 7.43 Å². The topological polar surface area (TPSA) is 0 Å². The number of hydrogen-bond donors (Lipinski definition) is 0. The Morgan fingerprint density at radius 2 is 1.25 bits per heavy atom. The van der Waals surface area contributed by atoms with E-state index in [-0.39, 0.29) is 61.2 Å². The molecule has 16 heavy (non-hydrogen) atoms. The summed E-state index contributed by atoms with van der Waals surface area (Å²) in [5, 5.41) is 0. The Labute approximate surface area is 139 Å². The molecule has 0 aliphatic rings. The van der Waals surface area contributed by atoms with Crippen molar-refractivity contribution in [2.24, 2.45) is 0 Å². The van der Waals surface area contributed by atoms with Gasteiger partial charge in [-0.15, -0.1) is 12.1 Å². The van der Waals surface area contributed by atoms with Gasteiger partial charge >= 0.3 is 21.1 Å². The van der Waals surface area contributed by atoms with Crippen LogP contribution in [0.5, 0.6) is 0 Å². The van der Waals surface area contributed by atoms with Crippen molar-refractivity contribution in [2.75, 3.05) is 0 Å². The molecule has 0 amide bonds. The molecular weight excluding hydrogens is 441 g/mol. The summed E-state index contributed by atoms with van der Waals surface area (Å²) in [4.78, 5) is 0. The van der Waals surface area contributed by atoms with Crippen LogP contribution in [0, 0.1) is 20.4 Å². The molecular formula is C14H15WY-. The first-order chi connectivity index (χ1) is 6.39. The molecule has 0 saturated carbocycles. The Morgan fingerprint density at radius 1 is 0.812 bits per heavy atom. The fourth-order valence-electron chi connectivity index (χ4n) is 0.820. The van der Waals surface area contributed by atoms with Gasteiger partial charge in [-0.25, -0.2) is 0 Å².